The fourth-order valence-electron chi connectivity index (χ4n) is 2.22. The molecule has 1 atom stereocenters. The van der Waals surface area contributed by atoms with Gasteiger partial charge in [-0.1, -0.05) is 12.0 Å². The standard InChI is InChI=1S/C15H19FN2/c1-3-9-18(10-12-7-8-12)14-6-4-5-13(16)15(14)11(2)17/h1,4-6,11-12H,7-10,17H2,2H3/t11-/m0/s1. The third-order valence-corrected chi connectivity index (χ3v) is 3.28. The first-order valence-corrected chi connectivity index (χ1v) is 6.36. The molecule has 1 saturated carbocycles. The van der Waals surface area contributed by atoms with Gasteiger partial charge in [0.05, 0.1) is 6.54 Å². The molecule has 1 aromatic carbocycles. The molecule has 1 aliphatic carbocycles. The number of halogens is 1. The van der Waals surface area contributed by atoms with Gasteiger partial charge in [-0.05, 0) is 37.8 Å². The summed E-state index contributed by atoms with van der Waals surface area (Å²) < 4.78 is 13.9. The van der Waals surface area contributed by atoms with Gasteiger partial charge in [-0.15, -0.1) is 6.42 Å². The number of anilines is 1. The normalized spacial score (nSPS) is 16.1. The van der Waals surface area contributed by atoms with Crippen LogP contribution in [0.15, 0.2) is 18.2 Å². The molecule has 18 heavy (non-hydrogen) atoms. The zero-order chi connectivity index (χ0) is 13.1. The Balaban J connectivity index is 2.33. The van der Waals surface area contributed by atoms with Crippen molar-refractivity contribution < 1.29 is 4.39 Å². The van der Waals surface area contributed by atoms with Crippen molar-refractivity contribution in [3.63, 3.8) is 0 Å². The maximum absolute atomic E-state index is 13.9. The first-order chi connectivity index (χ1) is 8.63. The van der Waals surface area contributed by atoms with E-state index in [9.17, 15) is 4.39 Å². The van der Waals surface area contributed by atoms with Crippen LogP contribution in [0.2, 0.25) is 0 Å². The molecular weight excluding hydrogens is 227 g/mol. The largest absolute Gasteiger partial charge is 0.360 e. The highest BCUT2D eigenvalue weighted by Gasteiger charge is 2.26. The highest BCUT2D eigenvalue weighted by molar-refractivity contribution is 5.56. The number of nitrogens with two attached hydrogens (primary N) is 1. The minimum Gasteiger partial charge on any atom is -0.360 e. The third-order valence-electron chi connectivity index (χ3n) is 3.28. The first-order valence-electron chi connectivity index (χ1n) is 6.36. The van der Waals surface area contributed by atoms with E-state index in [-0.39, 0.29) is 11.9 Å². The van der Waals surface area contributed by atoms with E-state index >= 15 is 0 Å². The van der Waals surface area contributed by atoms with Gasteiger partial charge in [0.15, 0.2) is 0 Å². The number of hydrogen-bond donors (Lipinski definition) is 1. The molecule has 2 N–H and O–H groups in total. The van der Waals surface area contributed by atoms with Crippen molar-refractivity contribution >= 4 is 5.69 Å². The monoisotopic (exact) mass is 246 g/mol. The zero-order valence-corrected chi connectivity index (χ0v) is 10.7. The molecule has 1 aliphatic rings. The quantitative estimate of drug-likeness (QED) is 0.809. The van der Waals surface area contributed by atoms with E-state index in [1.165, 1.54) is 18.9 Å². The molecule has 1 aromatic rings. The van der Waals surface area contributed by atoms with Gasteiger partial charge < -0.3 is 10.6 Å². The van der Waals surface area contributed by atoms with Gasteiger partial charge in [-0.25, -0.2) is 4.39 Å². The van der Waals surface area contributed by atoms with Crippen molar-refractivity contribution in [2.75, 3.05) is 18.0 Å². The summed E-state index contributed by atoms with van der Waals surface area (Å²) in [4.78, 5) is 2.07. The molecule has 2 rings (SSSR count). The van der Waals surface area contributed by atoms with Crippen LogP contribution in [0.5, 0.6) is 0 Å². The molecule has 0 amide bonds. The van der Waals surface area contributed by atoms with Gasteiger partial charge in [0.2, 0.25) is 0 Å². The second-order valence-corrected chi connectivity index (χ2v) is 4.99. The topological polar surface area (TPSA) is 29.3 Å². The van der Waals surface area contributed by atoms with Crippen molar-refractivity contribution in [2.45, 2.75) is 25.8 Å². The first kappa shape index (κ1) is 12.9. The fraction of sp³-hybridized carbons (Fsp3) is 0.467. The molecule has 0 heterocycles. The molecule has 1 fully saturated rings. The molecule has 0 aliphatic heterocycles. The summed E-state index contributed by atoms with van der Waals surface area (Å²) in [6.07, 6.45) is 7.89. The molecule has 96 valence electrons. The average molecular weight is 246 g/mol. The van der Waals surface area contributed by atoms with Gasteiger partial charge in [0.25, 0.3) is 0 Å². The summed E-state index contributed by atoms with van der Waals surface area (Å²) in [5.74, 6) is 3.09. The molecule has 0 bridgehead atoms. The van der Waals surface area contributed by atoms with Gasteiger partial charge >= 0.3 is 0 Å². The van der Waals surface area contributed by atoms with E-state index < -0.39 is 0 Å². The lowest BCUT2D eigenvalue weighted by molar-refractivity contribution is 0.591. The molecule has 0 radical (unpaired) electrons. The van der Waals surface area contributed by atoms with Crippen LogP contribution in [0, 0.1) is 24.1 Å². The number of nitrogens with zero attached hydrogens (tertiary/aromatic N) is 1. The maximum atomic E-state index is 13.9. The van der Waals surface area contributed by atoms with Gasteiger partial charge in [-0.2, -0.15) is 0 Å². The summed E-state index contributed by atoms with van der Waals surface area (Å²) in [6.45, 7) is 3.19. The number of hydrogen-bond acceptors (Lipinski definition) is 2. The van der Waals surface area contributed by atoms with E-state index in [1.54, 1.807) is 13.0 Å². The molecular formula is C15H19FN2. The van der Waals surface area contributed by atoms with Crippen LogP contribution in [-0.4, -0.2) is 13.1 Å². The van der Waals surface area contributed by atoms with Crippen LogP contribution in [0.4, 0.5) is 10.1 Å². The molecule has 3 heteroatoms. The number of benzene rings is 1. The van der Waals surface area contributed by atoms with Crippen molar-refractivity contribution in [3.05, 3.63) is 29.6 Å². The van der Waals surface area contributed by atoms with E-state index in [4.69, 9.17) is 12.2 Å². The SMILES string of the molecule is C#CCN(CC1CC1)c1cccc(F)c1[C@H](C)N. The second-order valence-electron chi connectivity index (χ2n) is 4.99. The molecule has 2 nitrogen and oxygen atoms in total. The number of rotatable bonds is 5. The highest BCUT2D eigenvalue weighted by atomic mass is 19.1. The van der Waals surface area contributed by atoms with Crippen molar-refractivity contribution in [1.82, 2.24) is 0 Å². The third kappa shape index (κ3) is 2.83. The van der Waals surface area contributed by atoms with E-state index in [1.807, 2.05) is 6.07 Å². The number of terminal acetylenes is 1. The Hall–Kier alpha value is -1.53. The van der Waals surface area contributed by atoms with Gasteiger partial charge in [-0.3, -0.25) is 0 Å². The Morgan fingerprint density at radius 3 is 2.83 bits per heavy atom. The molecule has 0 saturated heterocycles. The molecule has 0 aromatic heterocycles. The Bertz CT molecular complexity index is 458. The second kappa shape index (κ2) is 5.41. The predicted molar refractivity (Wildman–Crippen MR) is 72.8 cm³/mol. The minimum atomic E-state index is -0.333. The zero-order valence-electron chi connectivity index (χ0n) is 10.7. The Morgan fingerprint density at radius 2 is 2.28 bits per heavy atom. The minimum absolute atomic E-state index is 0.250. The smallest absolute Gasteiger partial charge is 0.130 e. The summed E-state index contributed by atoms with van der Waals surface area (Å²) in [6, 6.07) is 4.74. The Labute approximate surface area is 108 Å². The predicted octanol–water partition coefficient (Wildman–Crippen LogP) is 2.70. The molecule has 0 unspecified atom stereocenters. The van der Waals surface area contributed by atoms with Crippen molar-refractivity contribution in [1.29, 1.82) is 0 Å². The van der Waals surface area contributed by atoms with Crippen LogP contribution in [0.3, 0.4) is 0 Å². The van der Waals surface area contributed by atoms with E-state index in [0.717, 1.165) is 12.2 Å². The lowest BCUT2D eigenvalue weighted by atomic mass is 10.0. The lowest BCUT2D eigenvalue weighted by Crippen LogP contribution is -2.28. The van der Waals surface area contributed by atoms with E-state index in [2.05, 4.69) is 10.8 Å². The van der Waals surface area contributed by atoms with Gasteiger partial charge in [0, 0.05) is 23.8 Å². The van der Waals surface area contributed by atoms with Crippen LogP contribution in [0.25, 0.3) is 0 Å². The van der Waals surface area contributed by atoms with Gasteiger partial charge in [0.1, 0.15) is 5.82 Å². The Morgan fingerprint density at radius 1 is 1.56 bits per heavy atom. The summed E-state index contributed by atoms with van der Waals surface area (Å²) in [5, 5.41) is 0. The highest BCUT2D eigenvalue weighted by Crippen LogP contribution is 2.34. The summed E-state index contributed by atoms with van der Waals surface area (Å²) in [7, 11) is 0. The van der Waals surface area contributed by atoms with Crippen LogP contribution in [0.1, 0.15) is 31.4 Å². The average Bonchev–Trinajstić information content (AvgIpc) is 3.11. The van der Waals surface area contributed by atoms with Crippen LogP contribution < -0.4 is 10.6 Å². The Kier molecular flexibility index (Phi) is 3.88. The van der Waals surface area contributed by atoms with Crippen LogP contribution in [-0.2, 0) is 0 Å². The summed E-state index contributed by atoms with van der Waals surface area (Å²) in [5.41, 5.74) is 7.28. The van der Waals surface area contributed by atoms with E-state index in [0.29, 0.717) is 18.0 Å². The molecule has 0 spiro atoms. The van der Waals surface area contributed by atoms with Crippen molar-refractivity contribution in [2.24, 2.45) is 11.7 Å². The lowest BCUT2D eigenvalue weighted by Gasteiger charge is -2.26. The van der Waals surface area contributed by atoms with Crippen molar-refractivity contribution in [3.8, 4) is 12.3 Å². The maximum Gasteiger partial charge on any atom is 0.130 e. The fourth-order valence-corrected chi connectivity index (χ4v) is 2.22. The van der Waals surface area contributed by atoms with Crippen LogP contribution >= 0.6 is 0 Å². The summed E-state index contributed by atoms with van der Waals surface area (Å²) >= 11 is 0.